The van der Waals surface area contributed by atoms with E-state index in [1.54, 1.807) is 31.3 Å². The molecule has 6 nitrogen and oxygen atoms in total. The number of likely N-dealkylation sites (N-methyl/N-ethyl adjacent to an activating group) is 1. The van der Waals surface area contributed by atoms with E-state index in [0.717, 1.165) is 14.9 Å². The quantitative estimate of drug-likeness (QED) is 0.640. The molecule has 0 saturated carbocycles. The van der Waals surface area contributed by atoms with Gasteiger partial charge in [-0.3, -0.25) is 14.5 Å². The van der Waals surface area contributed by atoms with Crippen LogP contribution < -0.4 is 5.32 Å². The Kier molecular flexibility index (Phi) is 6.29. The summed E-state index contributed by atoms with van der Waals surface area (Å²) in [5.41, 5.74) is 0.382. The number of nitrogens with one attached hydrogen (secondary N) is 1. The molecule has 1 aliphatic heterocycles. The zero-order chi connectivity index (χ0) is 21.2. The van der Waals surface area contributed by atoms with Crippen molar-refractivity contribution in [2.24, 2.45) is 0 Å². The highest BCUT2D eigenvalue weighted by atomic mass is 79.9. The third kappa shape index (κ3) is 4.16. The Morgan fingerprint density at radius 2 is 1.83 bits per heavy atom. The predicted molar refractivity (Wildman–Crippen MR) is 114 cm³/mol. The van der Waals surface area contributed by atoms with Crippen molar-refractivity contribution in [1.29, 1.82) is 0 Å². The van der Waals surface area contributed by atoms with Crippen molar-refractivity contribution in [3.8, 4) is 0 Å². The molecule has 1 saturated heterocycles. The lowest BCUT2D eigenvalue weighted by atomic mass is 9.87. The molecule has 2 aromatic carbocycles. The zero-order valence-electron chi connectivity index (χ0n) is 16.1. The number of amides is 4. The lowest BCUT2D eigenvalue weighted by molar-refractivity contribution is -0.138. The number of hydrogen-bond acceptors (Lipinski definition) is 3. The van der Waals surface area contributed by atoms with Gasteiger partial charge in [-0.15, -0.1) is 0 Å². The molecule has 1 heterocycles. The van der Waals surface area contributed by atoms with Crippen molar-refractivity contribution in [2.45, 2.75) is 25.4 Å². The molecular weight excluding hydrogens is 458 g/mol. The maximum absolute atomic E-state index is 13.2. The van der Waals surface area contributed by atoms with Crippen LogP contribution in [-0.2, 0) is 21.7 Å². The highest BCUT2D eigenvalue weighted by Gasteiger charge is 2.51. The molecule has 0 unspecified atom stereocenters. The third-order valence-electron chi connectivity index (χ3n) is 5.13. The average molecular weight is 479 g/mol. The molecule has 0 radical (unpaired) electrons. The SMILES string of the molecule is CC[C@]1(c2ccc(Cl)cc2)NC(=O)N(CC(=O)N(C)Cc2ccccc2Br)C1=O. The number of nitrogens with zero attached hydrogens (tertiary/aromatic N) is 2. The first-order chi connectivity index (χ1) is 13.8. The van der Waals surface area contributed by atoms with Gasteiger partial charge in [0.15, 0.2) is 0 Å². The number of urea groups is 1. The Morgan fingerprint density at radius 1 is 1.17 bits per heavy atom. The van der Waals surface area contributed by atoms with Crippen LogP contribution in [0.2, 0.25) is 5.02 Å². The van der Waals surface area contributed by atoms with Gasteiger partial charge >= 0.3 is 6.03 Å². The van der Waals surface area contributed by atoms with Crippen LogP contribution in [0.1, 0.15) is 24.5 Å². The van der Waals surface area contributed by atoms with Crippen LogP contribution in [0, 0.1) is 0 Å². The van der Waals surface area contributed by atoms with Gasteiger partial charge in [0.1, 0.15) is 12.1 Å². The number of imide groups is 1. The van der Waals surface area contributed by atoms with Gasteiger partial charge in [-0.05, 0) is 35.7 Å². The Balaban J connectivity index is 1.76. The largest absolute Gasteiger partial charge is 0.340 e. The minimum atomic E-state index is -1.19. The molecule has 1 N–H and O–H groups in total. The average Bonchev–Trinajstić information content (AvgIpc) is 2.95. The fraction of sp³-hybridized carbons (Fsp3) is 0.286. The molecule has 0 bridgehead atoms. The molecule has 0 aliphatic carbocycles. The first-order valence-electron chi connectivity index (χ1n) is 9.16. The van der Waals surface area contributed by atoms with Gasteiger partial charge in [0.2, 0.25) is 5.91 Å². The van der Waals surface area contributed by atoms with Crippen LogP contribution in [0.15, 0.2) is 53.0 Å². The molecule has 3 rings (SSSR count). The van der Waals surface area contributed by atoms with Crippen molar-refractivity contribution in [2.75, 3.05) is 13.6 Å². The second-order valence-corrected chi connectivity index (χ2v) is 8.22. The van der Waals surface area contributed by atoms with Gasteiger partial charge in [-0.25, -0.2) is 4.79 Å². The molecule has 1 fully saturated rings. The molecular formula is C21H21BrClN3O3. The lowest BCUT2D eigenvalue weighted by Crippen LogP contribution is -2.45. The first kappa shape index (κ1) is 21.3. The standard InChI is InChI=1S/C21H21BrClN3O3/c1-3-21(15-8-10-16(23)11-9-15)19(28)26(20(29)24-21)13-18(27)25(2)12-14-6-4-5-7-17(14)22/h4-11H,3,12-13H2,1-2H3,(H,24,29)/t21-/m1/s1. The predicted octanol–water partition coefficient (Wildman–Crippen LogP) is 3.92. The van der Waals surface area contributed by atoms with Gasteiger partial charge < -0.3 is 10.2 Å². The van der Waals surface area contributed by atoms with Gasteiger partial charge in [0.05, 0.1) is 0 Å². The summed E-state index contributed by atoms with van der Waals surface area (Å²) in [6.07, 6.45) is 0.358. The molecule has 29 heavy (non-hydrogen) atoms. The molecule has 1 aliphatic rings. The Bertz CT molecular complexity index is 950. The summed E-state index contributed by atoms with van der Waals surface area (Å²) in [7, 11) is 1.65. The van der Waals surface area contributed by atoms with E-state index in [9.17, 15) is 14.4 Å². The number of hydrogen-bond donors (Lipinski definition) is 1. The van der Waals surface area contributed by atoms with Crippen molar-refractivity contribution in [3.63, 3.8) is 0 Å². The van der Waals surface area contributed by atoms with Crippen LogP contribution in [0.4, 0.5) is 4.79 Å². The van der Waals surface area contributed by atoms with Crippen LogP contribution >= 0.6 is 27.5 Å². The number of rotatable bonds is 6. The monoisotopic (exact) mass is 477 g/mol. The van der Waals surface area contributed by atoms with Crippen molar-refractivity contribution < 1.29 is 14.4 Å². The summed E-state index contributed by atoms with van der Waals surface area (Å²) >= 11 is 9.41. The van der Waals surface area contributed by atoms with Crippen molar-refractivity contribution in [3.05, 3.63) is 69.2 Å². The number of benzene rings is 2. The molecule has 1 atom stereocenters. The summed E-state index contributed by atoms with van der Waals surface area (Å²) in [6, 6.07) is 13.8. The lowest BCUT2D eigenvalue weighted by Gasteiger charge is -2.26. The third-order valence-corrected chi connectivity index (χ3v) is 6.15. The Labute approximate surface area is 182 Å². The molecule has 0 aromatic heterocycles. The minimum Gasteiger partial charge on any atom is -0.340 e. The van der Waals surface area contributed by atoms with Gasteiger partial charge in [-0.1, -0.05) is 64.8 Å². The van der Waals surface area contributed by atoms with E-state index in [-0.39, 0.29) is 12.5 Å². The zero-order valence-corrected chi connectivity index (χ0v) is 18.5. The molecule has 4 amide bonds. The van der Waals surface area contributed by atoms with Crippen LogP contribution in [0.25, 0.3) is 0 Å². The fourth-order valence-corrected chi connectivity index (χ4v) is 3.91. The Morgan fingerprint density at radius 3 is 2.45 bits per heavy atom. The van der Waals surface area contributed by atoms with Crippen LogP contribution in [0.3, 0.4) is 0 Å². The maximum Gasteiger partial charge on any atom is 0.325 e. The topological polar surface area (TPSA) is 69.7 Å². The van der Waals surface area contributed by atoms with E-state index in [1.165, 1.54) is 4.90 Å². The van der Waals surface area contributed by atoms with E-state index in [2.05, 4.69) is 21.2 Å². The second kappa shape index (κ2) is 8.55. The smallest absolute Gasteiger partial charge is 0.325 e. The van der Waals surface area contributed by atoms with E-state index in [4.69, 9.17) is 11.6 Å². The number of carbonyl (C=O) groups is 3. The summed E-state index contributed by atoms with van der Waals surface area (Å²) in [6.45, 7) is 1.86. The highest BCUT2D eigenvalue weighted by molar-refractivity contribution is 9.10. The number of carbonyl (C=O) groups excluding carboxylic acids is 3. The second-order valence-electron chi connectivity index (χ2n) is 6.93. The summed E-state index contributed by atoms with van der Waals surface area (Å²) < 4.78 is 0.891. The van der Waals surface area contributed by atoms with Gasteiger partial charge in [0.25, 0.3) is 5.91 Å². The van der Waals surface area contributed by atoms with Gasteiger partial charge in [0, 0.05) is 23.1 Å². The van der Waals surface area contributed by atoms with Gasteiger partial charge in [-0.2, -0.15) is 0 Å². The van der Waals surface area contributed by atoms with Crippen molar-refractivity contribution in [1.82, 2.24) is 15.1 Å². The molecule has 8 heteroatoms. The first-order valence-corrected chi connectivity index (χ1v) is 10.3. The maximum atomic E-state index is 13.2. The van der Waals surface area contributed by atoms with Crippen LogP contribution in [0.5, 0.6) is 0 Å². The molecule has 2 aromatic rings. The summed E-state index contributed by atoms with van der Waals surface area (Å²) in [5, 5.41) is 3.31. The van der Waals surface area contributed by atoms with Crippen molar-refractivity contribution >= 4 is 45.4 Å². The molecule has 0 spiro atoms. The van der Waals surface area contributed by atoms with E-state index in [0.29, 0.717) is 23.6 Å². The normalized spacial score (nSPS) is 18.7. The van der Waals surface area contributed by atoms with Crippen LogP contribution in [-0.4, -0.2) is 41.2 Å². The minimum absolute atomic E-state index is 0.318. The molecule has 152 valence electrons. The van der Waals surface area contributed by atoms with E-state index >= 15 is 0 Å². The fourth-order valence-electron chi connectivity index (χ4n) is 3.37. The van der Waals surface area contributed by atoms with E-state index in [1.807, 2.05) is 31.2 Å². The highest BCUT2D eigenvalue weighted by Crippen LogP contribution is 2.33. The summed E-state index contributed by atoms with van der Waals surface area (Å²) in [4.78, 5) is 40.9. The summed E-state index contributed by atoms with van der Waals surface area (Å²) in [5.74, 6) is -0.762. The number of halogens is 2. The van der Waals surface area contributed by atoms with E-state index < -0.39 is 17.5 Å². The Hall–Kier alpha value is -2.38.